The fourth-order valence-electron chi connectivity index (χ4n) is 4.36. The zero-order valence-corrected chi connectivity index (χ0v) is 19.8. The summed E-state index contributed by atoms with van der Waals surface area (Å²) in [6.07, 6.45) is 7.82. The molecule has 2 fully saturated rings. The molecular weight excluding hydrogens is 463 g/mol. The molecule has 1 aromatic carbocycles. The second kappa shape index (κ2) is 9.94. The summed E-state index contributed by atoms with van der Waals surface area (Å²) in [5, 5.41) is 6.96. The van der Waals surface area contributed by atoms with E-state index >= 15 is 0 Å². The van der Waals surface area contributed by atoms with E-state index in [1.807, 2.05) is 14.1 Å². The van der Waals surface area contributed by atoms with Gasteiger partial charge in [-0.05, 0) is 43.1 Å². The molecule has 0 aromatic heterocycles. The largest absolute Gasteiger partial charge is 0.356 e. The monoisotopic (exact) mass is 498 g/mol. The van der Waals surface area contributed by atoms with Gasteiger partial charge in [0.05, 0.1) is 5.41 Å². The lowest BCUT2D eigenvalue weighted by Gasteiger charge is -2.31. The second-order valence-corrected chi connectivity index (χ2v) is 8.63. The Bertz CT molecular complexity index is 664. The van der Waals surface area contributed by atoms with Crippen LogP contribution in [0.4, 0.5) is 0 Å². The van der Waals surface area contributed by atoms with Crippen molar-refractivity contribution in [2.75, 3.05) is 34.2 Å². The molecule has 2 aliphatic carbocycles. The first-order valence-electron chi connectivity index (χ1n) is 10.2. The van der Waals surface area contributed by atoms with Crippen molar-refractivity contribution in [3.63, 3.8) is 0 Å². The number of nitrogens with zero attached hydrogens (tertiary/aromatic N) is 2. The van der Waals surface area contributed by atoms with Crippen molar-refractivity contribution in [1.29, 1.82) is 0 Å². The predicted molar refractivity (Wildman–Crippen MR) is 126 cm³/mol. The van der Waals surface area contributed by atoms with Gasteiger partial charge in [-0.15, -0.1) is 24.0 Å². The number of rotatable bonds is 7. The average molecular weight is 498 g/mol. The Morgan fingerprint density at radius 1 is 1.04 bits per heavy atom. The maximum atomic E-state index is 12.7. The van der Waals surface area contributed by atoms with Crippen molar-refractivity contribution in [3.8, 4) is 0 Å². The van der Waals surface area contributed by atoms with E-state index in [0.717, 1.165) is 44.6 Å². The molecule has 28 heavy (non-hydrogen) atoms. The third-order valence-corrected chi connectivity index (χ3v) is 6.25. The summed E-state index contributed by atoms with van der Waals surface area (Å²) in [6.45, 7) is 1.59. The van der Waals surface area contributed by atoms with Crippen LogP contribution in [0.2, 0.25) is 0 Å². The first-order valence-corrected chi connectivity index (χ1v) is 10.2. The van der Waals surface area contributed by atoms with Gasteiger partial charge in [-0.3, -0.25) is 9.79 Å². The fraction of sp³-hybridized carbons (Fsp3) is 0.636. The van der Waals surface area contributed by atoms with Gasteiger partial charge in [0.1, 0.15) is 0 Å². The van der Waals surface area contributed by atoms with Gasteiger partial charge in [-0.1, -0.05) is 43.2 Å². The standard InChI is InChI=1S/C22H34N4O.HI/c1-23-20(25-17-22(11-7-8-12-22)19(27)26(2)3)24-16-21(13-14-21)15-18-9-5-4-6-10-18;/h4-6,9-10H,7-8,11-17H2,1-3H3,(H2,23,24,25);1H. The Kier molecular flexibility index (Phi) is 8.16. The molecule has 0 atom stereocenters. The van der Waals surface area contributed by atoms with Gasteiger partial charge < -0.3 is 15.5 Å². The Labute approximate surface area is 186 Å². The number of benzene rings is 1. The lowest BCUT2D eigenvalue weighted by Crippen LogP contribution is -2.49. The van der Waals surface area contributed by atoms with Crippen LogP contribution in [0.1, 0.15) is 44.1 Å². The van der Waals surface area contributed by atoms with Crippen LogP contribution in [0.15, 0.2) is 35.3 Å². The molecule has 1 aromatic rings. The van der Waals surface area contributed by atoms with E-state index in [-0.39, 0.29) is 35.3 Å². The molecule has 2 N–H and O–H groups in total. The molecule has 2 saturated carbocycles. The molecule has 2 aliphatic rings. The zero-order chi connectivity index (χ0) is 19.3. The van der Waals surface area contributed by atoms with Crippen molar-refractivity contribution in [2.45, 2.75) is 44.9 Å². The van der Waals surface area contributed by atoms with Gasteiger partial charge in [0.15, 0.2) is 5.96 Å². The van der Waals surface area contributed by atoms with Crippen molar-refractivity contribution in [2.24, 2.45) is 15.8 Å². The summed E-state index contributed by atoms with van der Waals surface area (Å²) in [5.74, 6) is 1.05. The predicted octanol–water partition coefficient (Wildman–Crippen LogP) is 3.44. The molecule has 156 valence electrons. The maximum Gasteiger partial charge on any atom is 0.230 e. The molecule has 1 amide bonds. The molecule has 0 radical (unpaired) electrons. The summed E-state index contributed by atoms with van der Waals surface area (Å²) in [7, 11) is 5.52. The number of nitrogens with one attached hydrogen (secondary N) is 2. The SMILES string of the molecule is CN=C(NCC1(Cc2ccccc2)CC1)NCC1(C(=O)N(C)C)CCCC1.I. The third kappa shape index (κ3) is 5.61. The molecule has 0 bridgehead atoms. The number of hydrogen-bond donors (Lipinski definition) is 2. The van der Waals surface area contributed by atoms with Crippen LogP contribution in [-0.2, 0) is 11.2 Å². The van der Waals surface area contributed by atoms with Crippen LogP contribution in [-0.4, -0.2) is 51.0 Å². The minimum absolute atomic E-state index is 0. The van der Waals surface area contributed by atoms with Gasteiger partial charge in [0.25, 0.3) is 0 Å². The van der Waals surface area contributed by atoms with Gasteiger partial charge >= 0.3 is 0 Å². The highest BCUT2D eigenvalue weighted by Crippen LogP contribution is 2.47. The Morgan fingerprint density at radius 2 is 1.64 bits per heavy atom. The number of halogens is 1. The Morgan fingerprint density at radius 3 is 2.18 bits per heavy atom. The van der Waals surface area contributed by atoms with Crippen LogP contribution in [0.5, 0.6) is 0 Å². The number of guanidine groups is 1. The Hall–Kier alpha value is -1.31. The fourth-order valence-corrected chi connectivity index (χ4v) is 4.36. The normalized spacial score (nSPS) is 19.5. The van der Waals surface area contributed by atoms with E-state index in [0.29, 0.717) is 12.0 Å². The van der Waals surface area contributed by atoms with Crippen molar-refractivity contribution >= 4 is 35.8 Å². The summed E-state index contributed by atoms with van der Waals surface area (Å²) in [5.41, 5.74) is 1.48. The minimum Gasteiger partial charge on any atom is -0.356 e. The molecule has 0 heterocycles. The third-order valence-electron chi connectivity index (χ3n) is 6.25. The average Bonchev–Trinajstić information content (AvgIpc) is 3.26. The Balaban J connectivity index is 0.00000280. The summed E-state index contributed by atoms with van der Waals surface area (Å²) in [4.78, 5) is 18.9. The highest BCUT2D eigenvalue weighted by atomic mass is 127. The topological polar surface area (TPSA) is 56.7 Å². The molecular formula is C22H35IN4O. The number of amides is 1. The first-order chi connectivity index (χ1) is 13.0. The van der Waals surface area contributed by atoms with E-state index in [1.54, 1.807) is 11.9 Å². The van der Waals surface area contributed by atoms with Crippen molar-refractivity contribution in [3.05, 3.63) is 35.9 Å². The maximum absolute atomic E-state index is 12.7. The van der Waals surface area contributed by atoms with Gasteiger partial charge in [-0.2, -0.15) is 0 Å². The summed E-state index contributed by atoms with van der Waals surface area (Å²) < 4.78 is 0. The van der Waals surface area contributed by atoms with E-state index in [1.165, 1.54) is 18.4 Å². The van der Waals surface area contributed by atoms with E-state index < -0.39 is 0 Å². The molecule has 0 unspecified atom stereocenters. The molecule has 0 aliphatic heterocycles. The highest BCUT2D eigenvalue weighted by Gasteiger charge is 2.43. The summed E-state index contributed by atoms with van der Waals surface area (Å²) in [6, 6.07) is 10.7. The molecule has 6 heteroatoms. The molecule has 3 rings (SSSR count). The van der Waals surface area contributed by atoms with Gasteiger partial charge in [0.2, 0.25) is 5.91 Å². The van der Waals surface area contributed by atoms with Crippen LogP contribution >= 0.6 is 24.0 Å². The molecule has 0 spiro atoms. The van der Waals surface area contributed by atoms with Gasteiger partial charge in [-0.25, -0.2) is 0 Å². The highest BCUT2D eigenvalue weighted by molar-refractivity contribution is 14.0. The minimum atomic E-state index is -0.275. The number of hydrogen-bond acceptors (Lipinski definition) is 2. The van der Waals surface area contributed by atoms with Crippen molar-refractivity contribution in [1.82, 2.24) is 15.5 Å². The van der Waals surface area contributed by atoms with Crippen molar-refractivity contribution < 1.29 is 4.79 Å². The number of carbonyl (C=O) groups excluding carboxylic acids is 1. The molecule has 0 saturated heterocycles. The number of aliphatic imine (C=N–C) groups is 1. The van der Waals surface area contributed by atoms with Crippen LogP contribution in [0.25, 0.3) is 0 Å². The van der Waals surface area contributed by atoms with E-state index in [4.69, 9.17) is 0 Å². The van der Waals surface area contributed by atoms with Crippen LogP contribution in [0.3, 0.4) is 0 Å². The lowest BCUT2D eigenvalue weighted by molar-refractivity contribution is -0.138. The molecule has 5 nitrogen and oxygen atoms in total. The van der Waals surface area contributed by atoms with Crippen LogP contribution in [0, 0.1) is 10.8 Å². The quantitative estimate of drug-likeness (QED) is 0.344. The lowest BCUT2D eigenvalue weighted by atomic mass is 9.84. The van der Waals surface area contributed by atoms with E-state index in [2.05, 4.69) is 46.0 Å². The van der Waals surface area contributed by atoms with Crippen LogP contribution < -0.4 is 10.6 Å². The first kappa shape index (κ1) is 23.0. The summed E-state index contributed by atoms with van der Waals surface area (Å²) >= 11 is 0. The second-order valence-electron chi connectivity index (χ2n) is 8.63. The van der Waals surface area contributed by atoms with Gasteiger partial charge in [0, 0.05) is 34.2 Å². The number of carbonyl (C=O) groups is 1. The van der Waals surface area contributed by atoms with E-state index in [9.17, 15) is 4.79 Å². The zero-order valence-electron chi connectivity index (χ0n) is 17.5. The smallest absolute Gasteiger partial charge is 0.230 e.